The predicted molar refractivity (Wildman–Crippen MR) is 244 cm³/mol. The Hall–Kier alpha value is -0.0800. The molecule has 328 valence electrons. The Labute approximate surface area is 359 Å². The highest BCUT2D eigenvalue weighted by atomic mass is 15.3. The van der Waals surface area contributed by atoms with Crippen LogP contribution >= 0.6 is 0 Å². The van der Waals surface area contributed by atoms with E-state index in [1.807, 2.05) is 0 Å². The van der Waals surface area contributed by atoms with E-state index in [1.165, 1.54) is 89.9 Å². The molecule has 0 aromatic rings. The minimum atomic E-state index is 0.569. The van der Waals surface area contributed by atoms with E-state index in [4.69, 9.17) is 0 Å². The van der Waals surface area contributed by atoms with Crippen LogP contribution in [-0.4, -0.2) is 46.1 Å². The largest absolute Gasteiger partial charge is 0.294 e. The minimum Gasteiger partial charge on any atom is -0.294 e. The molecular weight excluding hydrogens is 701 g/mol. The molecule has 0 heterocycles. The maximum absolute atomic E-state index is 3.47. The fourth-order valence-corrected chi connectivity index (χ4v) is 21.2. The van der Waals surface area contributed by atoms with Gasteiger partial charge in [-0.25, -0.2) is 0 Å². The molecule has 0 amide bonds. The molecule has 0 N–H and O–H groups in total. The van der Waals surface area contributed by atoms with Gasteiger partial charge in [0.25, 0.3) is 0 Å². The summed E-state index contributed by atoms with van der Waals surface area (Å²) in [5, 5.41) is 0. The van der Waals surface area contributed by atoms with Crippen molar-refractivity contribution < 1.29 is 0 Å². The van der Waals surface area contributed by atoms with Gasteiger partial charge in [0, 0.05) is 36.3 Å². The lowest BCUT2D eigenvalue weighted by molar-refractivity contribution is -0.0755. The second-order valence-electron chi connectivity index (χ2n) is 26.0. The Morgan fingerprint density at radius 1 is 0.276 bits per heavy atom. The van der Waals surface area contributed by atoms with Gasteiger partial charge in [-0.1, -0.05) is 118 Å². The predicted octanol–water partition coefficient (Wildman–Crippen LogP) is 14.9. The molecule has 0 radical (unpaired) electrons. The van der Waals surface area contributed by atoms with Crippen LogP contribution in [0.4, 0.5) is 0 Å². The fourth-order valence-electron chi connectivity index (χ4n) is 21.2. The van der Waals surface area contributed by atoms with Crippen molar-refractivity contribution >= 4 is 0 Å². The SMILES string of the molecule is CC1(C)C2CCCCC2C2CCC(N(C3CCC(N(C4CCC5C6CCCCC6C(C)(C)C5C4)C4CCCC5CCCCC54)CC3)C3CCCC4CCCCC43)CC21. The minimum absolute atomic E-state index is 0.569. The van der Waals surface area contributed by atoms with Crippen molar-refractivity contribution in [2.24, 2.45) is 81.8 Å². The highest BCUT2D eigenvalue weighted by Gasteiger charge is 2.60. The van der Waals surface area contributed by atoms with Gasteiger partial charge in [-0.3, -0.25) is 9.80 Å². The van der Waals surface area contributed by atoms with Gasteiger partial charge in [-0.15, -0.1) is 0 Å². The van der Waals surface area contributed by atoms with Gasteiger partial charge in [-0.05, 0) is 197 Å². The molecule has 11 saturated carbocycles. The van der Waals surface area contributed by atoms with Crippen LogP contribution in [0.15, 0.2) is 0 Å². The van der Waals surface area contributed by atoms with Crippen molar-refractivity contribution in [1.29, 1.82) is 0 Å². The van der Waals surface area contributed by atoms with E-state index in [0.29, 0.717) is 10.8 Å². The third-order valence-corrected chi connectivity index (χ3v) is 23.5. The standard InChI is InChI=1S/C56H94N2/c1-55(2)49-23-11-9-21-45(49)47-33-31-41(35-51(47)55)57(53-25-13-17-37-15-5-7-19-43(37)53)39-27-29-40(30-28-39)58(54-26-14-18-38-16-6-8-20-44(38)54)42-32-34-48-46-22-10-12-24-50(46)56(3,4)52(48)36-42/h37-54H,5-36H2,1-4H3. The van der Waals surface area contributed by atoms with Crippen molar-refractivity contribution in [3.05, 3.63) is 0 Å². The Balaban J connectivity index is 0.865. The maximum Gasteiger partial charge on any atom is 0.0132 e. The summed E-state index contributed by atoms with van der Waals surface area (Å²) in [5.74, 6) is 12.4. The van der Waals surface area contributed by atoms with E-state index in [-0.39, 0.29) is 0 Å². The molecule has 0 aliphatic heterocycles. The highest BCUT2D eigenvalue weighted by molar-refractivity contribution is 5.10. The molecular formula is C56H94N2. The molecule has 58 heavy (non-hydrogen) atoms. The van der Waals surface area contributed by atoms with E-state index < -0.39 is 0 Å². The fraction of sp³-hybridized carbons (Fsp3) is 1.00. The monoisotopic (exact) mass is 795 g/mol. The second-order valence-corrected chi connectivity index (χ2v) is 26.0. The van der Waals surface area contributed by atoms with Gasteiger partial charge in [0.15, 0.2) is 0 Å². The summed E-state index contributed by atoms with van der Waals surface area (Å²) in [6.07, 6.45) is 49.5. The van der Waals surface area contributed by atoms with Crippen LogP contribution < -0.4 is 0 Å². The van der Waals surface area contributed by atoms with E-state index in [9.17, 15) is 0 Å². The first-order chi connectivity index (χ1) is 28.3. The number of rotatable bonds is 6. The van der Waals surface area contributed by atoms with Crippen molar-refractivity contribution in [3.8, 4) is 0 Å². The van der Waals surface area contributed by atoms with E-state index in [1.54, 1.807) is 116 Å². The molecule has 16 unspecified atom stereocenters. The summed E-state index contributed by atoms with van der Waals surface area (Å²) in [6, 6.07) is 5.34. The van der Waals surface area contributed by atoms with Gasteiger partial charge < -0.3 is 0 Å². The van der Waals surface area contributed by atoms with Crippen LogP contribution in [0, 0.1) is 81.8 Å². The van der Waals surface area contributed by atoms with Crippen LogP contribution in [0.25, 0.3) is 0 Å². The van der Waals surface area contributed by atoms with Crippen molar-refractivity contribution in [2.75, 3.05) is 0 Å². The molecule has 0 saturated heterocycles. The molecule has 11 fully saturated rings. The lowest BCUT2D eigenvalue weighted by Crippen LogP contribution is -2.60. The zero-order valence-electron chi connectivity index (χ0n) is 38.9. The maximum atomic E-state index is 3.47. The summed E-state index contributed by atoms with van der Waals surface area (Å²) >= 11 is 0. The second kappa shape index (κ2) is 16.5. The first-order valence-corrected chi connectivity index (χ1v) is 27.8. The van der Waals surface area contributed by atoms with Crippen LogP contribution in [0.5, 0.6) is 0 Å². The third kappa shape index (κ3) is 6.94. The molecule has 11 aliphatic carbocycles. The summed E-state index contributed by atoms with van der Waals surface area (Å²) in [7, 11) is 0. The lowest BCUT2D eigenvalue weighted by Gasteiger charge is -2.57. The number of fused-ring (bicyclic) bond motifs is 8. The van der Waals surface area contributed by atoms with Gasteiger partial charge >= 0.3 is 0 Å². The van der Waals surface area contributed by atoms with Crippen LogP contribution in [0.3, 0.4) is 0 Å². The Kier molecular flexibility index (Phi) is 11.6. The number of hydrogen-bond acceptors (Lipinski definition) is 2. The van der Waals surface area contributed by atoms with Gasteiger partial charge in [0.05, 0.1) is 0 Å². The molecule has 2 heteroatoms. The summed E-state index contributed by atoms with van der Waals surface area (Å²) in [6.45, 7) is 11.1. The summed E-state index contributed by atoms with van der Waals surface area (Å²) < 4.78 is 0. The zero-order valence-corrected chi connectivity index (χ0v) is 38.9. The molecule has 2 nitrogen and oxygen atoms in total. The Bertz CT molecular complexity index is 1280. The quantitative estimate of drug-likeness (QED) is 0.264. The Morgan fingerprint density at radius 2 is 0.603 bits per heavy atom. The highest BCUT2D eigenvalue weighted by Crippen LogP contribution is 2.65. The van der Waals surface area contributed by atoms with Crippen molar-refractivity contribution in [1.82, 2.24) is 9.80 Å². The van der Waals surface area contributed by atoms with Gasteiger partial charge in [0.1, 0.15) is 0 Å². The molecule has 0 spiro atoms. The van der Waals surface area contributed by atoms with Gasteiger partial charge in [0.2, 0.25) is 0 Å². The Morgan fingerprint density at radius 3 is 1.03 bits per heavy atom. The van der Waals surface area contributed by atoms with E-state index in [2.05, 4.69) is 37.5 Å². The zero-order chi connectivity index (χ0) is 39.2. The average molecular weight is 795 g/mol. The van der Waals surface area contributed by atoms with Crippen molar-refractivity contribution in [2.45, 2.75) is 269 Å². The first kappa shape index (κ1) is 40.7. The number of nitrogens with zero attached hydrogens (tertiary/aromatic N) is 2. The smallest absolute Gasteiger partial charge is 0.0132 e. The molecule has 0 aromatic heterocycles. The molecule has 0 bridgehead atoms. The molecule has 16 atom stereocenters. The normalized spacial score (nSPS) is 51.2. The van der Waals surface area contributed by atoms with Crippen LogP contribution in [-0.2, 0) is 0 Å². The van der Waals surface area contributed by atoms with Crippen molar-refractivity contribution in [3.63, 3.8) is 0 Å². The molecule has 0 aromatic carbocycles. The lowest BCUT2D eigenvalue weighted by atomic mass is 9.64. The van der Waals surface area contributed by atoms with E-state index in [0.717, 1.165) is 107 Å². The number of hydrogen-bond donors (Lipinski definition) is 0. The van der Waals surface area contributed by atoms with Crippen LogP contribution in [0.2, 0.25) is 0 Å². The third-order valence-electron chi connectivity index (χ3n) is 23.5. The first-order valence-electron chi connectivity index (χ1n) is 27.8. The summed E-state index contributed by atoms with van der Waals surface area (Å²) in [5.41, 5.74) is 1.14. The van der Waals surface area contributed by atoms with Crippen LogP contribution in [0.1, 0.15) is 233 Å². The molecule has 11 aliphatic rings. The van der Waals surface area contributed by atoms with E-state index >= 15 is 0 Å². The summed E-state index contributed by atoms with van der Waals surface area (Å²) in [4.78, 5) is 6.95. The van der Waals surface area contributed by atoms with Gasteiger partial charge in [-0.2, -0.15) is 0 Å². The topological polar surface area (TPSA) is 6.48 Å². The average Bonchev–Trinajstić information content (AvgIpc) is 3.63. The molecule has 11 rings (SSSR count).